The highest BCUT2D eigenvalue weighted by Gasteiger charge is 2.34. The molecule has 1 atom stereocenters. The van der Waals surface area contributed by atoms with Gasteiger partial charge in [0.2, 0.25) is 23.6 Å². The predicted molar refractivity (Wildman–Crippen MR) is 218 cm³/mol. The fraction of sp³-hybridized carbons (Fsp3) is 0.455. The van der Waals surface area contributed by atoms with Crippen molar-refractivity contribution in [3.8, 4) is 17.1 Å². The van der Waals surface area contributed by atoms with Crippen molar-refractivity contribution in [3.05, 3.63) is 82.7 Å². The lowest BCUT2D eigenvalue weighted by molar-refractivity contribution is -0.134. The molecule has 3 aromatic heterocycles. The number of piperidine rings is 3. The SMILES string of the molecule is Cc1cc2cc(n1)-c1cnn(C)c1OCCCCCn1c(nc3ccc(C4CCN(C5CCN(c6cc(F)c(C7CCC(=O)NC7=O)c(F)c6)CC5)CC4)cc31)NC2=O. The minimum Gasteiger partial charge on any atom is -0.477 e. The van der Waals surface area contributed by atoms with Crippen LogP contribution in [0, 0.1) is 18.6 Å². The quantitative estimate of drug-likeness (QED) is 0.193. The van der Waals surface area contributed by atoms with Crippen LogP contribution in [-0.4, -0.2) is 85.8 Å². The van der Waals surface area contributed by atoms with Crippen LogP contribution < -0.4 is 20.3 Å². The molecule has 59 heavy (non-hydrogen) atoms. The largest absolute Gasteiger partial charge is 0.477 e. The maximum absolute atomic E-state index is 15.3. The first-order chi connectivity index (χ1) is 28.6. The predicted octanol–water partition coefficient (Wildman–Crippen LogP) is 6.60. The zero-order valence-corrected chi connectivity index (χ0v) is 33.5. The molecule has 3 saturated heterocycles. The molecule has 3 fully saturated rings. The number of carbonyl (C=O) groups excluding carboxylic acids is 3. The maximum Gasteiger partial charge on any atom is 0.258 e. The van der Waals surface area contributed by atoms with E-state index in [1.807, 2.05) is 18.9 Å². The third kappa shape index (κ3) is 7.79. The Morgan fingerprint density at radius 3 is 2.37 bits per heavy atom. The first kappa shape index (κ1) is 38.8. The van der Waals surface area contributed by atoms with Crippen molar-refractivity contribution >= 4 is 40.4 Å². The van der Waals surface area contributed by atoms with Gasteiger partial charge in [0.25, 0.3) is 5.91 Å². The molecule has 308 valence electrons. The van der Waals surface area contributed by atoms with Gasteiger partial charge in [-0.2, -0.15) is 5.10 Å². The number of pyridine rings is 1. The number of ether oxygens (including phenoxy) is 1. The Morgan fingerprint density at radius 1 is 0.831 bits per heavy atom. The summed E-state index contributed by atoms with van der Waals surface area (Å²) in [5.74, 6) is -2.27. The Balaban J connectivity index is 0.858. The number of halogens is 2. The molecule has 0 aliphatic carbocycles. The van der Waals surface area contributed by atoms with Crippen molar-refractivity contribution in [1.29, 1.82) is 0 Å². The van der Waals surface area contributed by atoms with Crippen LogP contribution in [0.2, 0.25) is 0 Å². The molecular weight excluding hydrogens is 757 g/mol. The summed E-state index contributed by atoms with van der Waals surface area (Å²) < 4.78 is 40.6. The van der Waals surface area contributed by atoms with Crippen LogP contribution in [0.25, 0.3) is 22.3 Å². The smallest absolute Gasteiger partial charge is 0.258 e. The number of nitrogens with zero attached hydrogens (tertiary/aromatic N) is 7. The minimum atomic E-state index is -1.01. The molecule has 5 aromatic rings. The van der Waals surface area contributed by atoms with Crippen LogP contribution in [0.15, 0.2) is 48.7 Å². The first-order valence-electron chi connectivity index (χ1n) is 20.9. The first-order valence-corrected chi connectivity index (χ1v) is 20.9. The molecule has 3 amide bonds. The summed E-state index contributed by atoms with van der Waals surface area (Å²) in [6.45, 7) is 6.41. The van der Waals surface area contributed by atoms with E-state index in [4.69, 9.17) is 14.7 Å². The van der Waals surface area contributed by atoms with E-state index in [1.54, 1.807) is 23.0 Å². The van der Waals surface area contributed by atoms with Gasteiger partial charge in [0.15, 0.2) is 0 Å². The maximum atomic E-state index is 15.3. The zero-order chi connectivity index (χ0) is 40.8. The van der Waals surface area contributed by atoms with Crippen molar-refractivity contribution in [2.24, 2.45) is 7.05 Å². The van der Waals surface area contributed by atoms with Crippen LogP contribution in [0.1, 0.15) is 96.8 Å². The van der Waals surface area contributed by atoms with E-state index in [1.165, 1.54) is 17.7 Å². The number of benzene rings is 2. The molecule has 13 nitrogen and oxygen atoms in total. The Bertz CT molecular complexity index is 2410. The molecule has 0 radical (unpaired) electrons. The molecule has 4 aliphatic rings. The molecule has 4 aliphatic heterocycles. The highest BCUT2D eigenvalue weighted by Crippen LogP contribution is 2.36. The van der Waals surface area contributed by atoms with E-state index >= 15 is 8.78 Å². The normalized spacial score (nSPS) is 20.3. The van der Waals surface area contributed by atoms with Crippen LogP contribution in [0.4, 0.5) is 20.4 Å². The lowest BCUT2D eigenvalue weighted by atomic mass is 9.87. The number of rotatable bonds is 4. The summed E-state index contributed by atoms with van der Waals surface area (Å²) in [5.41, 5.74) is 5.93. The van der Waals surface area contributed by atoms with Gasteiger partial charge in [0.1, 0.15) is 11.6 Å². The average Bonchev–Trinajstić information content (AvgIpc) is 3.77. The molecule has 9 rings (SSSR count). The van der Waals surface area contributed by atoms with Gasteiger partial charge in [0, 0.05) is 61.7 Å². The van der Waals surface area contributed by atoms with Crippen molar-refractivity contribution in [1.82, 2.24) is 34.5 Å². The summed E-state index contributed by atoms with van der Waals surface area (Å²) in [5, 5.41) is 9.72. The number of likely N-dealkylation sites (tertiary alicyclic amines) is 1. The second kappa shape index (κ2) is 16.2. The molecule has 2 bridgehead atoms. The summed E-state index contributed by atoms with van der Waals surface area (Å²) >= 11 is 0. The lowest BCUT2D eigenvalue weighted by Crippen LogP contribution is -2.47. The van der Waals surface area contributed by atoms with E-state index < -0.39 is 29.4 Å². The number of hydrogen-bond donors (Lipinski definition) is 2. The number of hydrogen-bond acceptors (Lipinski definition) is 9. The summed E-state index contributed by atoms with van der Waals surface area (Å²) in [7, 11) is 1.84. The van der Waals surface area contributed by atoms with E-state index in [9.17, 15) is 14.4 Å². The van der Waals surface area contributed by atoms with E-state index in [2.05, 4.69) is 43.4 Å². The van der Waals surface area contributed by atoms with Gasteiger partial charge in [-0.05, 0) is 119 Å². The highest BCUT2D eigenvalue weighted by atomic mass is 19.1. The Labute approximate surface area is 341 Å². The molecule has 15 heteroatoms. The number of aryl methyl sites for hydroxylation is 3. The number of amides is 3. The number of imidazole rings is 1. The number of fused-ring (bicyclic) bond motifs is 7. The number of anilines is 2. The summed E-state index contributed by atoms with van der Waals surface area (Å²) in [6.07, 6.45) is 8.39. The van der Waals surface area contributed by atoms with Crippen molar-refractivity contribution in [2.75, 3.05) is 43.0 Å². The van der Waals surface area contributed by atoms with Gasteiger partial charge in [-0.15, -0.1) is 0 Å². The summed E-state index contributed by atoms with van der Waals surface area (Å²) in [6, 6.07) is 13.1. The molecule has 7 heterocycles. The number of imide groups is 1. The van der Waals surface area contributed by atoms with E-state index in [-0.39, 0.29) is 24.3 Å². The Kier molecular flexibility index (Phi) is 10.6. The van der Waals surface area contributed by atoms with Crippen molar-refractivity contribution in [2.45, 2.75) is 89.1 Å². The topological polar surface area (TPSA) is 140 Å². The number of nitrogens with one attached hydrogen (secondary N) is 2. The summed E-state index contributed by atoms with van der Waals surface area (Å²) in [4.78, 5) is 51.9. The molecule has 2 aromatic carbocycles. The average molecular weight is 806 g/mol. The van der Waals surface area contributed by atoms with Gasteiger partial charge in [0.05, 0.1) is 41.0 Å². The fourth-order valence-electron chi connectivity index (χ4n) is 9.46. The Hall–Kier alpha value is -5.70. The number of aromatic nitrogens is 5. The van der Waals surface area contributed by atoms with Gasteiger partial charge in [-0.3, -0.25) is 30.0 Å². The highest BCUT2D eigenvalue weighted by molar-refractivity contribution is 6.05. The van der Waals surface area contributed by atoms with Gasteiger partial charge < -0.3 is 19.1 Å². The minimum absolute atomic E-state index is 0.0607. The monoisotopic (exact) mass is 805 g/mol. The van der Waals surface area contributed by atoms with E-state index in [0.29, 0.717) is 72.7 Å². The lowest BCUT2D eigenvalue weighted by Gasteiger charge is -2.42. The standard InChI is InChI=1S/C44H49F2N9O4/c1-26-20-29-21-37(48-26)33-25-47-52(2)43(33)59-19-5-3-4-14-55-38-22-28(6-8-36(38)49-44(55)51-41(29)57)27-10-15-53(16-11-27)30-12-17-54(18-13-30)31-23-34(45)40(35(46)24-31)32-7-9-39(56)50-42(32)58/h6,8,20-25,27,30,32H,3-5,7,9-19H2,1-2H3,(H,49,51,57)(H,50,56,58). The van der Waals surface area contributed by atoms with Crippen LogP contribution in [0.3, 0.4) is 0 Å². The molecular formula is C44H49F2N9O4. The van der Waals surface area contributed by atoms with Crippen LogP contribution >= 0.6 is 0 Å². The van der Waals surface area contributed by atoms with E-state index in [0.717, 1.165) is 74.6 Å². The van der Waals surface area contributed by atoms with Crippen molar-refractivity contribution in [3.63, 3.8) is 0 Å². The molecule has 1 unspecified atom stereocenters. The second-order valence-electron chi connectivity index (χ2n) is 16.4. The third-order valence-corrected chi connectivity index (χ3v) is 12.6. The van der Waals surface area contributed by atoms with Gasteiger partial charge in [-0.1, -0.05) is 6.07 Å². The molecule has 0 spiro atoms. The second-order valence-corrected chi connectivity index (χ2v) is 16.4. The number of carbonyl (C=O) groups is 3. The van der Waals surface area contributed by atoms with Crippen LogP contribution in [-0.2, 0) is 23.2 Å². The van der Waals surface area contributed by atoms with Crippen LogP contribution in [0.5, 0.6) is 5.88 Å². The molecule has 0 saturated carbocycles. The Morgan fingerprint density at radius 2 is 1.61 bits per heavy atom. The fourth-order valence-corrected chi connectivity index (χ4v) is 9.46. The zero-order valence-electron chi connectivity index (χ0n) is 33.5. The van der Waals surface area contributed by atoms with Gasteiger partial charge >= 0.3 is 0 Å². The van der Waals surface area contributed by atoms with Crippen molar-refractivity contribution < 1.29 is 27.9 Å². The van der Waals surface area contributed by atoms with Gasteiger partial charge in [-0.25, -0.2) is 18.4 Å². The molecule has 2 N–H and O–H groups in total. The third-order valence-electron chi connectivity index (χ3n) is 12.6.